The molecule has 23 heavy (non-hydrogen) atoms. The van der Waals surface area contributed by atoms with Gasteiger partial charge < -0.3 is 5.32 Å². The van der Waals surface area contributed by atoms with Crippen LogP contribution in [0.15, 0.2) is 59.5 Å². The number of sulfone groups is 1. The van der Waals surface area contributed by atoms with E-state index in [1.807, 2.05) is 18.4 Å². The molecule has 1 amide bonds. The Morgan fingerprint density at radius 2 is 1.70 bits per heavy atom. The van der Waals surface area contributed by atoms with Crippen molar-refractivity contribution in [1.29, 1.82) is 0 Å². The van der Waals surface area contributed by atoms with Gasteiger partial charge in [-0.05, 0) is 36.1 Å². The largest absolute Gasteiger partial charge is 0.351 e. The zero-order valence-corrected chi connectivity index (χ0v) is 14.5. The van der Waals surface area contributed by atoms with E-state index >= 15 is 0 Å². The Balaban J connectivity index is 1.89. The summed E-state index contributed by atoms with van der Waals surface area (Å²) >= 11 is 1.72. The van der Waals surface area contributed by atoms with E-state index in [-0.39, 0.29) is 23.1 Å². The van der Waals surface area contributed by atoms with E-state index in [0.29, 0.717) is 5.56 Å². The number of benzene rings is 2. The third-order valence-corrected chi connectivity index (χ3v) is 5.64. The van der Waals surface area contributed by atoms with Gasteiger partial charge in [-0.2, -0.15) is 11.8 Å². The van der Waals surface area contributed by atoms with Crippen molar-refractivity contribution in [2.75, 3.05) is 18.6 Å². The van der Waals surface area contributed by atoms with E-state index in [1.165, 1.54) is 0 Å². The predicted octanol–water partition coefficient (Wildman–Crippen LogP) is 2.75. The van der Waals surface area contributed by atoms with Gasteiger partial charge in [0.2, 0.25) is 0 Å². The molecule has 2 aromatic carbocycles. The second-order valence-corrected chi connectivity index (χ2v) is 7.99. The van der Waals surface area contributed by atoms with Gasteiger partial charge in [-0.25, -0.2) is 8.42 Å². The molecule has 0 atom stereocenters. The van der Waals surface area contributed by atoms with Crippen molar-refractivity contribution in [3.05, 3.63) is 65.7 Å². The third kappa shape index (κ3) is 5.11. The minimum Gasteiger partial charge on any atom is -0.351 e. The predicted molar refractivity (Wildman–Crippen MR) is 94.5 cm³/mol. The Labute approximate surface area is 141 Å². The van der Waals surface area contributed by atoms with Crippen molar-refractivity contribution < 1.29 is 13.2 Å². The average molecular weight is 349 g/mol. The van der Waals surface area contributed by atoms with Gasteiger partial charge in [0.15, 0.2) is 9.84 Å². The maximum absolute atomic E-state index is 12.1. The molecule has 0 aliphatic rings. The first kappa shape index (κ1) is 17.6. The lowest BCUT2D eigenvalue weighted by Gasteiger charge is -2.07. The van der Waals surface area contributed by atoms with Gasteiger partial charge in [-0.15, -0.1) is 0 Å². The van der Waals surface area contributed by atoms with Gasteiger partial charge >= 0.3 is 0 Å². The first-order valence-electron chi connectivity index (χ1n) is 7.17. The molecule has 0 saturated carbocycles. The van der Waals surface area contributed by atoms with Crippen LogP contribution in [0.1, 0.15) is 15.9 Å². The molecule has 0 aliphatic carbocycles. The molecular formula is C17H19NO3S2. The summed E-state index contributed by atoms with van der Waals surface area (Å²) in [6, 6.07) is 15.6. The van der Waals surface area contributed by atoms with Crippen LogP contribution in [0.5, 0.6) is 0 Å². The quantitative estimate of drug-likeness (QED) is 0.835. The zero-order valence-electron chi connectivity index (χ0n) is 12.9. The van der Waals surface area contributed by atoms with Crippen LogP contribution in [0, 0.1) is 0 Å². The van der Waals surface area contributed by atoms with E-state index in [9.17, 15) is 13.2 Å². The molecule has 0 spiro atoms. The highest BCUT2D eigenvalue weighted by molar-refractivity contribution is 7.97. The molecule has 0 aromatic heterocycles. The van der Waals surface area contributed by atoms with Crippen LogP contribution in [0.4, 0.5) is 0 Å². The summed E-state index contributed by atoms with van der Waals surface area (Å²) < 4.78 is 24.2. The molecule has 0 heterocycles. The lowest BCUT2D eigenvalue weighted by molar-refractivity contribution is 0.0956. The zero-order chi connectivity index (χ0) is 16.7. The molecular weight excluding hydrogens is 330 g/mol. The standard InChI is InChI=1S/C17H19NO3S2/c1-22-13-14-7-9-15(10-8-14)17(19)18-11-12-23(20,21)16-5-3-2-4-6-16/h2-10H,11-13H2,1H3,(H,18,19). The highest BCUT2D eigenvalue weighted by Gasteiger charge is 2.14. The summed E-state index contributed by atoms with van der Waals surface area (Å²) in [6.07, 6.45) is 2.02. The molecule has 2 aromatic rings. The van der Waals surface area contributed by atoms with E-state index in [0.717, 1.165) is 11.3 Å². The fourth-order valence-corrected chi connectivity index (χ4v) is 3.77. The molecule has 0 unspecified atom stereocenters. The molecule has 0 radical (unpaired) electrons. The molecule has 2 rings (SSSR count). The maximum Gasteiger partial charge on any atom is 0.251 e. The summed E-state index contributed by atoms with van der Waals surface area (Å²) in [5.74, 6) is 0.522. The number of carbonyl (C=O) groups excluding carboxylic acids is 1. The number of nitrogens with one attached hydrogen (secondary N) is 1. The summed E-state index contributed by atoms with van der Waals surface area (Å²) in [5, 5.41) is 2.65. The van der Waals surface area contributed by atoms with Crippen LogP contribution < -0.4 is 5.32 Å². The minimum absolute atomic E-state index is 0.0859. The van der Waals surface area contributed by atoms with Crippen molar-refractivity contribution in [3.63, 3.8) is 0 Å². The Morgan fingerprint density at radius 1 is 1.04 bits per heavy atom. The van der Waals surface area contributed by atoms with Crippen LogP contribution in [-0.2, 0) is 15.6 Å². The van der Waals surface area contributed by atoms with Gasteiger partial charge in [0.05, 0.1) is 10.6 Å². The molecule has 0 saturated heterocycles. The lowest BCUT2D eigenvalue weighted by atomic mass is 10.1. The van der Waals surface area contributed by atoms with Gasteiger partial charge in [-0.1, -0.05) is 30.3 Å². The first-order chi connectivity index (χ1) is 11.0. The van der Waals surface area contributed by atoms with Crippen molar-refractivity contribution in [1.82, 2.24) is 5.32 Å². The topological polar surface area (TPSA) is 63.2 Å². The number of amides is 1. The summed E-state index contributed by atoms with van der Waals surface area (Å²) in [7, 11) is -3.37. The maximum atomic E-state index is 12.1. The molecule has 0 bridgehead atoms. The number of thioether (sulfide) groups is 1. The van der Waals surface area contributed by atoms with Crippen molar-refractivity contribution in [2.45, 2.75) is 10.6 Å². The first-order valence-corrected chi connectivity index (χ1v) is 10.2. The van der Waals surface area contributed by atoms with Gasteiger partial charge in [0.25, 0.3) is 5.91 Å². The summed E-state index contributed by atoms with van der Waals surface area (Å²) in [6.45, 7) is 0.0859. The van der Waals surface area contributed by atoms with Gasteiger partial charge in [0.1, 0.15) is 0 Å². The van der Waals surface area contributed by atoms with Crippen molar-refractivity contribution in [3.8, 4) is 0 Å². The Hall–Kier alpha value is -1.79. The minimum atomic E-state index is -3.37. The monoisotopic (exact) mass is 349 g/mol. The smallest absolute Gasteiger partial charge is 0.251 e. The average Bonchev–Trinajstić information content (AvgIpc) is 2.56. The van der Waals surface area contributed by atoms with Crippen molar-refractivity contribution >= 4 is 27.5 Å². The second kappa shape index (κ2) is 8.17. The van der Waals surface area contributed by atoms with Crippen LogP contribution >= 0.6 is 11.8 Å². The van der Waals surface area contributed by atoms with Crippen LogP contribution in [0.25, 0.3) is 0 Å². The van der Waals surface area contributed by atoms with Crippen molar-refractivity contribution in [2.24, 2.45) is 0 Å². The van der Waals surface area contributed by atoms with Crippen LogP contribution in [-0.4, -0.2) is 32.9 Å². The van der Waals surface area contributed by atoms with E-state index in [2.05, 4.69) is 5.32 Å². The van der Waals surface area contributed by atoms with Gasteiger partial charge in [-0.3, -0.25) is 4.79 Å². The Morgan fingerprint density at radius 3 is 2.30 bits per heavy atom. The van der Waals surface area contributed by atoms with E-state index in [1.54, 1.807) is 54.2 Å². The Kier molecular flexibility index (Phi) is 6.24. The Bertz CT molecular complexity index is 741. The molecule has 122 valence electrons. The fourth-order valence-electron chi connectivity index (χ4n) is 2.07. The highest BCUT2D eigenvalue weighted by Crippen LogP contribution is 2.11. The molecule has 0 fully saturated rings. The molecule has 1 N–H and O–H groups in total. The summed E-state index contributed by atoms with van der Waals surface area (Å²) in [5.41, 5.74) is 1.69. The van der Waals surface area contributed by atoms with Gasteiger partial charge in [0, 0.05) is 17.9 Å². The number of rotatable bonds is 7. The van der Waals surface area contributed by atoms with E-state index < -0.39 is 9.84 Å². The fraction of sp³-hybridized carbons (Fsp3) is 0.235. The van der Waals surface area contributed by atoms with E-state index in [4.69, 9.17) is 0 Å². The summed E-state index contributed by atoms with van der Waals surface area (Å²) in [4.78, 5) is 12.3. The molecule has 4 nitrogen and oxygen atoms in total. The normalized spacial score (nSPS) is 11.2. The number of hydrogen-bond acceptors (Lipinski definition) is 4. The highest BCUT2D eigenvalue weighted by atomic mass is 32.2. The third-order valence-electron chi connectivity index (χ3n) is 3.29. The molecule has 6 heteroatoms. The second-order valence-electron chi connectivity index (χ2n) is 5.02. The van der Waals surface area contributed by atoms with Crippen LogP contribution in [0.3, 0.4) is 0 Å². The lowest BCUT2D eigenvalue weighted by Crippen LogP contribution is -2.29. The molecule has 0 aliphatic heterocycles. The number of carbonyl (C=O) groups is 1. The SMILES string of the molecule is CSCc1ccc(C(=O)NCCS(=O)(=O)c2ccccc2)cc1. The van der Waals surface area contributed by atoms with Crippen LogP contribution in [0.2, 0.25) is 0 Å². The number of hydrogen-bond donors (Lipinski definition) is 1.